The summed E-state index contributed by atoms with van der Waals surface area (Å²) in [6.07, 6.45) is -0.844. The van der Waals surface area contributed by atoms with Crippen LogP contribution in [0.5, 0.6) is 0 Å². The molecule has 0 aliphatic rings. The Balaban J connectivity index is 2.96. The van der Waals surface area contributed by atoms with Crippen molar-refractivity contribution < 1.29 is 9.53 Å². The fourth-order valence-electron chi connectivity index (χ4n) is 1.01. The lowest BCUT2D eigenvalue weighted by molar-refractivity contribution is -0.144. The summed E-state index contributed by atoms with van der Waals surface area (Å²) < 4.78 is 5.59. The molecule has 0 saturated carbocycles. The van der Waals surface area contributed by atoms with Crippen molar-refractivity contribution in [1.29, 1.82) is 5.26 Å². The molecule has 3 nitrogen and oxygen atoms in total. The molecule has 0 saturated heterocycles. The van der Waals surface area contributed by atoms with E-state index in [4.69, 9.17) is 10.00 Å². The van der Waals surface area contributed by atoms with E-state index in [2.05, 4.69) is 15.9 Å². The number of nitriles is 1. The fourth-order valence-corrected chi connectivity index (χ4v) is 1.51. The van der Waals surface area contributed by atoms with Crippen LogP contribution in [-0.4, -0.2) is 5.97 Å². The molecule has 1 rings (SSSR count). The molecule has 0 aliphatic carbocycles. The van der Waals surface area contributed by atoms with Crippen molar-refractivity contribution in [2.45, 2.75) is 13.0 Å². The van der Waals surface area contributed by atoms with E-state index in [-0.39, 0.29) is 0 Å². The number of ether oxygens (including phenoxy) is 1. The van der Waals surface area contributed by atoms with Crippen LogP contribution in [0, 0.1) is 11.3 Å². The quantitative estimate of drug-likeness (QED) is 0.762. The van der Waals surface area contributed by atoms with Gasteiger partial charge in [-0.3, -0.25) is 4.79 Å². The van der Waals surface area contributed by atoms with E-state index in [1.54, 1.807) is 18.2 Å². The number of hydrogen-bond donors (Lipinski definition) is 0. The first-order valence-electron chi connectivity index (χ1n) is 3.96. The van der Waals surface area contributed by atoms with Crippen molar-refractivity contribution in [3.05, 3.63) is 34.3 Å². The van der Waals surface area contributed by atoms with Gasteiger partial charge in [-0.05, 0) is 6.07 Å². The van der Waals surface area contributed by atoms with Gasteiger partial charge in [0, 0.05) is 17.0 Å². The van der Waals surface area contributed by atoms with Crippen molar-refractivity contribution in [3.8, 4) is 6.07 Å². The van der Waals surface area contributed by atoms with Crippen LogP contribution in [0.25, 0.3) is 0 Å². The predicted octanol–water partition coefficient (Wildman–Crippen LogP) is 2.58. The molecule has 0 unspecified atom stereocenters. The first-order chi connectivity index (χ1) is 6.65. The Labute approximate surface area is 90.4 Å². The number of rotatable bonds is 2. The fraction of sp³-hybridized carbons (Fsp3) is 0.200. The van der Waals surface area contributed by atoms with E-state index in [1.165, 1.54) is 6.92 Å². The second-order valence-electron chi connectivity index (χ2n) is 2.64. The van der Waals surface area contributed by atoms with E-state index < -0.39 is 12.1 Å². The minimum Gasteiger partial charge on any atom is -0.442 e. The van der Waals surface area contributed by atoms with E-state index in [1.807, 2.05) is 12.1 Å². The van der Waals surface area contributed by atoms with Crippen molar-refractivity contribution in [2.75, 3.05) is 0 Å². The topological polar surface area (TPSA) is 50.1 Å². The van der Waals surface area contributed by atoms with Gasteiger partial charge in [0.2, 0.25) is 6.10 Å². The maximum absolute atomic E-state index is 10.7. The zero-order valence-electron chi connectivity index (χ0n) is 7.53. The summed E-state index contributed by atoms with van der Waals surface area (Å²) in [5.41, 5.74) is 0.658. The van der Waals surface area contributed by atoms with Gasteiger partial charge in [-0.25, -0.2) is 0 Å². The molecule has 0 aromatic heterocycles. The number of halogens is 1. The average Bonchev–Trinajstić information content (AvgIpc) is 2.15. The lowest BCUT2D eigenvalue weighted by atomic mass is 10.1. The van der Waals surface area contributed by atoms with Gasteiger partial charge in [0.15, 0.2) is 0 Å². The first kappa shape index (κ1) is 10.7. The highest BCUT2D eigenvalue weighted by molar-refractivity contribution is 9.10. The number of esters is 1. The van der Waals surface area contributed by atoms with Crippen molar-refractivity contribution in [1.82, 2.24) is 0 Å². The Bertz CT molecular complexity index is 384. The molecule has 0 N–H and O–H groups in total. The number of carbonyl (C=O) groups is 1. The molecule has 72 valence electrons. The Morgan fingerprint density at radius 2 is 2.21 bits per heavy atom. The van der Waals surface area contributed by atoms with Gasteiger partial charge >= 0.3 is 5.97 Å². The summed E-state index contributed by atoms with van der Waals surface area (Å²) in [6, 6.07) is 9.06. The lowest BCUT2D eigenvalue weighted by Gasteiger charge is -2.10. The third-order valence-electron chi connectivity index (χ3n) is 1.59. The first-order valence-corrected chi connectivity index (χ1v) is 4.75. The summed E-state index contributed by atoms with van der Waals surface area (Å²) in [7, 11) is 0. The van der Waals surface area contributed by atoms with Gasteiger partial charge in [0.1, 0.15) is 6.07 Å². The van der Waals surface area contributed by atoms with Crippen LogP contribution in [-0.2, 0) is 9.53 Å². The van der Waals surface area contributed by atoms with Crippen LogP contribution < -0.4 is 0 Å². The highest BCUT2D eigenvalue weighted by Crippen LogP contribution is 2.25. The normalized spacial score (nSPS) is 11.5. The number of carbonyl (C=O) groups excluding carboxylic acids is 1. The van der Waals surface area contributed by atoms with Crippen LogP contribution in [0.2, 0.25) is 0 Å². The molecule has 1 atom stereocenters. The standard InChI is InChI=1S/C10H8BrNO2/c1-7(13)14-10(6-12)8-4-2-3-5-9(8)11/h2-5,10H,1H3/t10-/m1/s1. The zero-order valence-corrected chi connectivity index (χ0v) is 9.11. The maximum Gasteiger partial charge on any atom is 0.304 e. The summed E-state index contributed by atoms with van der Waals surface area (Å²) >= 11 is 3.29. The molecule has 0 fully saturated rings. The predicted molar refractivity (Wildman–Crippen MR) is 54.3 cm³/mol. The summed E-state index contributed by atoms with van der Waals surface area (Å²) in [6.45, 7) is 1.28. The molecule has 1 aromatic rings. The molecule has 14 heavy (non-hydrogen) atoms. The molecule has 0 aliphatic heterocycles. The molecule has 0 heterocycles. The summed E-state index contributed by atoms with van der Waals surface area (Å²) in [5, 5.41) is 8.80. The van der Waals surface area contributed by atoms with Crippen LogP contribution in [0.3, 0.4) is 0 Å². The molecule has 0 amide bonds. The van der Waals surface area contributed by atoms with Crippen molar-refractivity contribution in [3.63, 3.8) is 0 Å². The lowest BCUT2D eigenvalue weighted by Crippen LogP contribution is -2.06. The van der Waals surface area contributed by atoms with Crippen molar-refractivity contribution >= 4 is 21.9 Å². The van der Waals surface area contributed by atoms with E-state index in [0.29, 0.717) is 5.56 Å². The minimum atomic E-state index is -0.844. The van der Waals surface area contributed by atoms with Gasteiger partial charge in [0.25, 0.3) is 0 Å². The molecular weight excluding hydrogens is 246 g/mol. The highest BCUT2D eigenvalue weighted by atomic mass is 79.9. The van der Waals surface area contributed by atoms with E-state index in [9.17, 15) is 4.79 Å². The largest absolute Gasteiger partial charge is 0.442 e. The molecule has 0 spiro atoms. The van der Waals surface area contributed by atoms with Gasteiger partial charge in [-0.15, -0.1) is 0 Å². The molecule has 0 bridgehead atoms. The number of hydrogen-bond acceptors (Lipinski definition) is 3. The van der Waals surface area contributed by atoms with Crippen molar-refractivity contribution in [2.24, 2.45) is 0 Å². The van der Waals surface area contributed by atoms with Crippen LogP contribution in [0.4, 0.5) is 0 Å². The zero-order chi connectivity index (χ0) is 10.6. The Morgan fingerprint density at radius 3 is 2.71 bits per heavy atom. The summed E-state index contributed by atoms with van der Waals surface area (Å²) in [4.78, 5) is 10.7. The smallest absolute Gasteiger partial charge is 0.304 e. The van der Waals surface area contributed by atoms with Gasteiger partial charge in [0.05, 0.1) is 0 Å². The Morgan fingerprint density at radius 1 is 1.57 bits per heavy atom. The molecule has 0 radical (unpaired) electrons. The summed E-state index contributed by atoms with van der Waals surface area (Å²) in [5.74, 6) is -0.465. The van der Waals surface area contributed by atoms with Crippen LogP contribution in [0.15, 0.2) is 28.7 Å². The number of nitrogens with zero attached hydrogens (tertiary/aromatic N) is 1. The third kappa shape index (κ3) is 2.57. The molecule has 1 aromatic carbocycles. The highest BCUT2D eigenvalue weighted by Gasteiger charge is 2.15. The SMILES string of the molecule is CC(=O)O[C@H](C#N)c1ccccc1Br. The maximum atomic E-state index is 10.7. The van der Waals surface area contributed by atoms with Gasteiger partial charge in [-0.2, -0.15) is 5.26 Å². The van der Waals surface area contributed by atoms with Gasteiger partial charge < -0.3 is 4.74 Å². The average molecular weight is 254 g/mol. The second kappa shape index (κ2) is 4.77. The van der Waals surface area contributed by atoms with E-state index >= 15 is 0 Å². The number of benzene rings is 1. The van der Waals surface area contributed by atoms with Gasteiger partial charge in [-0.1, -0.05) is 34.1 Å². The third-order valence-corrected chi connectivity index (χ3v) is 2.31. The molecule has 4 heteroatoms. The minimum absolute atomic E-state index is 0.465. The monoisotopic (exact) mass is 253 g/mol. The molecular formula is C10H8BrNO2. The van der Waals surface area contributed by atoms with E-state index in [0.717, 1.165) is 4.47 Å². The van der Waals surface area contributed by atoms with Crippen LogP contribution >= 0.6 is 15.9 Å². The second-order valence-corrected chi connectivity index (χ2v) is 3.49. The van der Waals surface area contributed by atoms with Crippen LogP contribution in [0.1, 0.15) is 18.6 Å². The Kier molecular flexibility index (Phi) is 3.66. The Hall–Kier alpha value is -1.34.